The summed E-state index contributed by atoms with van der Waals surface area (Å²) in [6.45, 7) is 4.93. The minimum Gasteiger partial charge on any atom is -0.462 e. The zero-order valence-corrected chi connectivity index (χ0v) is 67.2. The Kier molecular flexibility index (Phi) is 73.9. The van der Waals surface area contributed by atoms with Crippen molar-refractivity contribution in [3.05, 3.63) is 24.3 Å². The molecule has 0 amide bonds. The lowest BCUT2D eigenvalue weighted by Crippen LogP contribution is -2.30. The number of phosphoric acid groups is 2. The van der Waals surface area contributed by atoms with Crippen molar-refractivity contribution in [3.63, 3.8) is 0 Å². The molecule has 0 fully saturated rings. The molecule has 101 heavy (non-hydrogen) atoms. The van der Waals surface area contributed by atoms with E-state index in [2.05, 4.69) is 52.0 Å². The van der Waals surface area contributed by atoms with Crippen LogP contribution in [0.15, 0.2) is 24.3 Å². The molecular formula is C82H156O17P2. The first-order valence-corrected chi connectivity index (χ1v) is 45.1. The number of rotatable bonds is 81. The Hall–Kier alpha value is -2.46. The number of ether oxygens (including phenoxy) is 4. The summed E-state index contributed by atoms with van der Waals surface area (Å²) in [4.78, 5) is 72.9. The second kappa shape index (κ2) is 75.8. The number of aliphatic hydroxyl groups is 1. The molecular weight excluding hydrogens is 1320 g/mol. The van der Waals surface area contributed by atoms with E-state index in [1.807, 2.05) is 0 Å². The molecule has 0 aromatic carbocycles. The van der Waals surface area contributed by atoms with E-state index < -0.39 is 97.5 Å². The summed E-state index contributed by atoms with van der Waals surface area (Å²) in [6.07, 6.45) is 71.8. The van der Waals surface area contributed by atoms with Gasteiger partial charge in [-0.1, -0.05) is 367 Å². The van der Waals surface area contributed by atoms with Gasteiger partial charge in [0.1, 0.15) is 19.3 Å². The Bertz CT molecular complexity index is 2010. The zero-order chi connectivity index (χ0) is 73.9. The van der Waals surface area contributed by atoms with Crippen LogP contribution >= 0.6 is 15.6 Å². The molecule has 0 saturated heterocycles. The number of carbonyl (C=O) groups is 4. The topological polar surface area (TPSA) is 237 Å². The molecule has 0 aliphatic carbocycles. The van der Waals surface area contributed by atoms with Crippen LogP contribution in [0, 0.1) is 0 Å². The highest BCUT2D eigenvalue weighted by atomic mass is 31.2. The van der Waals surface area contributed by atoms with Crippen LogP contribution in [0.5, 0.6) is 0 Å². The molecule has 0 saturated carbocycles. The number of aliphatic hydroxyl groups excluding tert-OH is 1. The predicted molar refractivity (Wildman–Crippen MR) is 414 cm³/mol. The molecule has 0 aliphatic heterocycles. The molecule has 19 heteroatoms. The molecule has 0 radical (unpaired) electrons. The lowest BCUT2D eigenvalue weighted by molar-refractivity contribution is -0.161. The largest absolute Gasteiger partial charge is 0.472 e. The molecule has 3 N–H and O–H groups in total. The van der Waals surface area contributed by atoms with E-state index in [9.17, 15) is 43.2 Å². The van der Waals surface area contributed by atoms with E-state index >= 15 is 0 Å². The fourth-order valence-corrected chi connectivity index (χ4v) is 13.9. The van der Waals surface area contributed by atoms with E-state index in [0.717, 1.165) is 109 Å². The minimum absolute atomic E-state index is 0.0855. The van der Waals surface area contributed by atoms with Crippen LogP contribution in [0.2, 0.25) is 0 Å². The third-order valence-corrected chi connectivity index (χ3v) is 20.6. The SMILES string of the molecule is CCCCCC/C=C\C=C/CCCCCCCC(=O)O[C@H](COC(=O)CCCCCCCCCC)COP(=O)(O)OC[C@H](O)COP(=O)(O)OC[C@@H](COC(=O)CCCCCCCCCCCCCCCCCC)OC(=O)CCCCCCCCCCCCCCCCCCCCCCCC. The number of unbranched alkanes of at least 4 members (excludes halogenated alkanes) is 52. The van der Waals surface area contributed by atoms with Gasteiger partial charge in [0, 0.05) is 25.7 Å². The number of esters is 4. The van der Waals surface area contributed by atoms with Gasteiger partial charge < -0.3 is 33.8 Å². The Morgan fingerprint density at radius 3 is 0.723 bits per heavy atom. The number of phosphoric ester groups is 2. The predicted octanol–water partition coefficient (Wildman–Crippen LogP) is 24.5. The first-order chi connectivity index (χ1) is 49.2. The Morgan fingerprint density at radius 1 is 0.277 bits per heavy atom. The van der Waals surface area contributed by atoms with Crippen molar-refractivity contribution in [1.82, 2.24) is 0 Å². The molecule has 17 nitrogen and oxygen atoms in total. The Morgan fingerprint density at radius 2 is 0.475 bits per heavy atom. The number of carbonyl (C=O) groups excluding carboxylic acids is 4. The summed E-state index contributed by atoms with van der Waals surface area (Å²) in [6, 6.07) is 0. The van der Waals surface area contributed by atoms with Crippen molar-refractivity contribution in [1.29, 1.82) is 0 Å². The maximum Gasteiger partial charge on any atom is 0.472 e. The van der Waals surface area contributed by atoms with Gasteiger partial charge in [0.05, 0.1) is 26.4 Å². The van der Waals surface area contributed by atoms with Gasteiger partial charge in [-0.3, -0.25) is 37.3 Å². The van der Waals surface area contributed by atoms with Gasteiger partial charge in [0.2, 0.25) is 0 Å². The van der Waals surface area contributed by atoms with Crippen LogP contribution < -0.4 is 0 Å². The second-order valence-electron chi connectivity index (χ2n) is 28.8. The standard InChI is InChI=1S/C82H156O17P2/c1-5-9-13-17-21-25-28-31-34-36-37-38-39-40-41-44-47-50-53-57-61-65-69-82(87)99-78(73-93-80(85)67-63-59-55-51-48-45-43-35-32-29-26-22-18-14-10-6-2)75-97-101(90,91)95-71-76(83)70-94-100(88,89)96-74-77(72-92-79(84)66-62-58-54-24-20-16-12-8-4)98-81(86)68-64-60-56-52-49-46-42-33-30-27-23-19-15-11-7-3/h27,30,33,42,76-78,83H,5-26,28-29,31-32,34-41,43-75H2,1-4H3,(H,88,89)(H,90,91)/b30-27-,42-33-/t76-,77+,78+/m0/s1. The highest BCUT2D eigenvalue weighted by molar-refractivity contribution is 7.47. The van der Waals surface area contributed by atoms with Crippen LogP contribution in [-0.4, -0.2) is 96.7 Å². The molecule has 0 aromatic heterocycles. The average Bonchev–Trinajstić information content (AvgIpc) is 1.16. The van der Waals surface area contributed by atoms with E-state index in [0.29, 0.717) is 25.7 Å². The summed E-state index contributed by atoms with van der Waals surface area (Å²) in [5.41, 5.74) is 0. The first-order valence-electron chi connectivity index (χ1n) is 42.1. The molecule has 0 aromatic rings. The molecule has 596 valence electrons. The van der Waals surface area contributed by atoms with E-state index in [-0.39, 0.29) is 25.7 Å². The molecule has 0 rings (SSSR count). The van der Waals surface area contributed by atoms with Crippen molar-refractivity contribution in [2.45, 2.75) is 438 Å². The summed E-state index contributed by atoms with van der Waals surface area (Å²) in [5, 5.41) is 10.6. The Balaban J connectivity index is 5.20. The van der Waals surface area contributed by atoms with Gasteiger partial charge in [0.15, 0.2) is 12.2 Å². The molecule has 0 aliphatic rings. The first kappa shape index (κ1) is 98.5. The highest BCUT2D eigenvalue weighted by Gasteiger charge is 2.30. The van der Waals surface area contributed by atoms with Gasteiger partial charge in [-0.05, 0) is 51.4 Å². The van der Waals surface area contributed by atoms with Gasteiger partial charge in [0.25, 0.3) is 0 Å². The normalized spacial score (nSPS) is 13.9. The highest BCUT2D eigenvalue weighted by Crippen LogP contribution is 2.45. The summed E-state index contributed by atoms with van der Waals surface area (Å²) in [5.74, 6) is -2.14. The lowest BCUT2D eigenvalue weighted by atomic mass is 10.0. The fourth-order valence-electron chi connectivity index (χ4n) is 12.3. The lowest BCUT2D eigenvalue weighted by Gasteiger charge is -2.21. The van der Waals surface area contributed by atoms with Crippen molar-refractivity contribution >= 4 is 39.5 Å². The van der Waals surface area contributed by atoms with Gasteiger partial charge >= 0.3 is 39.5 Å². The average molecular weight is 1480 g/mol. The summed E-state index contributed by atoms with van der Waals surface area (Å²) < 4.78 is 68.6. The third-order valence-electron chi connectivity index (χ3n) is 18.7. The maximum absolute atomic E-state index is 13.1. The molecule has 2 unspecified atom stereocenters. The van der Waals surface area contributed by atoms with Crippen molar-refractivity contribution < 1.29 is 80.2 Å². The van der Waals surface area contributed by atoms with Crippen LogP contribution in [-0.2, 0) is 65.4 Å². The minimum atomic E-state index is -4.96. The van der Waals surface area contributed by atoms with Crippen LogP contribution in [0.25, 0.3) is 0 Å². The van der Waals surface area contributed by atoms with E-state index in [4.69, 9.17) is 37.0 Å². The smallest absolute Gasteiger partial charge is 0.462 e. The van der Waals surface area contributed by atoms with E-state index in [1.54, 1.807) is 0 Å². The summed E-state index contributed by atoms with van der Waals surface area (Å²) >= 11 is 0. The zero-order valence-electron chi connectivity index (χ0n) is 65.4. The molecule has 0 heterocycles. The van der Waals surface area contributed by atoms with Crippen LogP contribution in [0.3, 0.4) is 0 Å². The fraction of sp³-hybridized carbons (Fsp3) is 0.902. The van der Waals surface area contributed by atoms with E-state index in [1.165, 1.54) is 231 Å². The maximum atomic E-state index is 13.1. The van der Waals surface area contributed by atoms with Gasteiger partial charge in [-0.15, -0.1) is 0 Å². The third kappa shape index (κ3) is 75.6. The molecule has 0 bridgehead atoms. The van der Waals surface area contributed by atoms with Crippen LogP contribution in [0.4, 0.5) is 0 Å². The van der Waals surface area contributed by atoms with Crippen molar-refractivity contribution in [2.24, 2.45) is 0 Å². The van der Waals surface area contributed by atoms with Crippen molar-refractivity contribution in [3.8, 4) is 0 Å². The quantitative estimate of drug-likeness (QED) is 0.0169. The monoisotopic (exact) mass is 1480 g/mol. The van der Waals surface area contributed by atoms with Gasteiger partial charge in [-0.25, -0.2) is 9.13 Å². The number of allylic oxidation sites excluding steroid dienone is 4. The second-order valence-corrected chi connectivity index (χ2v) is 31.7. The Labute approximate surface area is 618 Å². The summed E-state index contributed by atoms with van der Waals surface area (Å²) in [7, 11) is -9.93. The van der Waals surface area contributed by atoms with Crippen molar-refractivity contribution in [2.75, 3.05) is 39.6 Å². The number of hydrogen-bond donors (Lipinski definition) is 3. The van der Waals surface area contributed by atoms with Crippen LogP contribution in [0.1, 0.15) is 419 Å². The molecule has 0 spiro atoms. The number of hydrogen-bond acceptors (Lipinski definition) is 15. The molecule has 5 atom stereocenters. The van der Waals surface area contributed by atoms with Gasteiger partial charge in [-0.2, -0.15) is 0 Å².